The molecule has 0 radical (unpaired) electrons. The molecule has 1 atom stereocenters. The summed E-state index contributed by atoms with van der Waals surface area (Å²) in [5.41, 5.74) is 0.865. The Labute approximate surface area is 63.8 Å². The van der Waals surface area contributed by atoms with Crippen LogP contribution in [-0.2, 0) is 4.74 Å². The third-order valence-corrected chi connectivity index (χ3v) is 1.74. The third kappa shape index (κ3) is 1.00. The first-order valence-electron chi connectivity index (χ1n) is 3.10. The van der Waals surface area contributed by atoms with Crippen LogP contribution in [-0.4, -0.2) is 11.6 Å². The largest absolute Gasteiger partial charge is 0.366 e. The second-order valence-electron chi connectivity index (χ2n) is 2.19. The van der Waals surface area contributed by atoms with Gasteiger partial charge in [-0.05, 0) is 12.1 Å². The first-order valence-corrected chi connectivity index (χ1v) is 3.48. The van der Waals surface area contributed by atoms with E-state index >= 15 is 0 Å². The summed E-state index contributed by atoms with van der Waals surface area (Å²) in [6.07, 6.45) is 1.89. The van der Waals surface area contributed by atoms with E-state index in [2.05, 4.69) is 4.98 Å². The van der Waals surface area contributed by atoms with Crippen molar-refractivity contribution in [2.45, 2.75) is 6.10 Å². The van der Waals surface area contributed by atoms with Gasteiger partial charge in [-0.15, -0.1) is 0 Å². The number of epoxide rings is 1. The molecular weight excluding hydrogens is 150 g/mol. The number of hydrogen-bond donors (Lipinski definition) is 0. The monoisotopic (exact) mass is 155 g/mol. The summed E-state index contributed by atoms with van der Waals surface area (Å²) in [4.78, 5) is 4.08. The fourth-order valence-corrected chi connectivity index (χ4v) is 1.08. The maximum atomic E-state index is 5.82. The standard InChI is InChI=1S/C7H6ClNO/c8-5-2-1-3-9-7(5)6-4-10-6/h1-3,6H,4H2. The van der Waals surface area contributed by atoms with Crippen LogP contribution in [0.1, 0.15) is 11.8 Å². The SMILES string of the molecule is Clc1cccnc1C1CO1. The second-order valence-corrected chi connectivity index (χ2v) is 2.60. The highest BCUT2D eigenvalue weighted by Gasteiger charge is 2.27. The molecule has 10 heavy (non-hydrogen) atoms. The molecule has 0 saturated carbocycles. The van der Waals surface area contributed by atoms with Crippen LogP contribution >= 0.6 is 11.6 Å². The zero-order valence-corrected chi connectivity index (χ0v) is 6.01. The first kappa shape index (κ1) is 6.13. The van der Waals surface area contributed by atoms with Gasteiger partial charge < -0.3 is 4.74 Å². The van der Waals surface area contributed by atoms with Gasteiger partial charge in [0.25, 0.3) is 0 Å². The van der Waals surface area contributed by atoms with Crippen molar-refractivity contribution in [3.8, 4) is 0 Å². The average Bonchev–Trinajstić information content (AvgIpc) is 2.71. The normalized spacial score (nSPS) is 22.7. The van der Waals surface area contributed by atoms with Gasteiger partial charge in [0.05, 0.1) is 17.3 Å². The fourth-order valence-electron chi connectivity index (χ4n) is 0.841. The highest BCUT2D eigenvalue weighted by atomic mass is 35.5. The predicted molar refractivity (Wildman–Crippen MR) is 37.9 cm³/mol. The number of halogens is 1. The van der Waals surface area contributed by atoms with E-state index in [-0.39, 0.29) is 6.10 Å². The quantitative estimate of drug-likeness (QED) is 0.578. The molecule has 1 saturated heterocycles. The lowest BCUT2D eigenvalue weighted by Crippen LogP contribution is -1.86. The Bertz CT molecular complexity index is 247. The molecule has 1 aromatic rings. The zero-order valence-electron chi connectivity index (χ0n) is 5.25. The number of hydrogen-bond acceptors (Lipinski definition) is 2. The Morgan fingerprint density at radius 2 is 2.50 bits per heavy atom. The molecular formula is C7H6ClNO. The van der Waals surface area contributed by atoms with Crippen molar-refractivity contribution >= 4 is 11.6 Å². The molecule has 0 aromatic carbocycles. The summed E-state index contributed by atoms with van der Waals surface area (Å²) in [5.74, 6) is 0. The molecule has 2 heterocycles. The molecule has 0 N–H and O–H groups in total. The molecule has 1 aliphatic rings. The lowest BCUT2D eigenvalue weighted by molar-refractivity contribution is 0.411. The van der Waals surface area contributed by atoms with Gasteiger partial charge in [-0.1, -0.05) is 11.6 Å². The molecule has 2 rings (SSSR count). The van der Waals surface area contributed by atoms with E-state index in [0.29, 0.717) is 5.02 Å². The molecule has 0 aliphatic carbocycles. The van der Waals surface area contributed by atoms with Crippen molar-refractivity contribution in [1.29, 1.82) is 0 Å². The van der Waals surface area contributed by atoms with Crippen molar-refractivity contribution in [2.75, 3.05) is 6.61 Å². The Hall–Kier alpha value is -0.600. The van der Waals surface area contributed by atoms with Gasteiger partial charge in [-0.2, -0.15) is 0 Å². The maximum Gasteiger partial charge on any atom is 0.124 e. The van der Waals surface area contributed by atoms with Gasteiger partial charge >= 0.3 is 0 Å². The summed E-state index contributed by atoms with van der Waals surface area (Å²) in [5, 5.41) is 0.699. The van der Waals surface area contributed by atoms with Crippen LogP contribution < -0.4 is 0 Å². The summed E-state index contributed by atoms with van der Waals surface area (Å²) < 4.78 is 5.03. The van der Waals surface area contributed by atoms with Crippen LogP contribution in [0.25, 0.3) is 0 Å². The Morgan fingerprint density at radius 1 is 1.70 bits per heavy atom. The molecule has 3 heteroatoms. The number of aromatic nitrogens is 1. The summed E-state index contributed by atoms with van der Waals surface area (Å²) in [7, 11) is 0. The van der Waals surface area contributed by atoms with Crippen LogP contribution in [0, 0.1) is 0 Å². The molecule has 1 fully saturated rings. The van der Waals surface area contributed by atoms with Gasteiger partial charge in [0.2, 0.25) is 0 Å². The highest BCUT2D eigenvalue weighted by Crippen LogP contribution is 2.32. The molecule has 0 bridgehead atoms. The summed E-state index contributed by atoms with van der Waals surface area (Å²) in [6.45, 7) is 0.761. The van der Waals surface area contributed by atoms with E-state index in [0.717, 1.165) is 12.3 Å². The molecule has 0 spiro atoms. The highest BCUT2D eigenvalue weighted by molar-refractivity contribution is 6.31. The van der Waals surface area contributed by atoms with Crippen molar-refractivity contribution in [3.63, 3.8) is 0 Å². The average molecular weight is 156 g/mol. The first-order chi connectivity index (χ1) is 4.88. The number of nitrogens with zero attached hydrogens (tertiary/aromatic N) is 1. The topological polar surface area (TPSA) is 25.4 Å². The van der Waals surface area contributed by atoms with Crippen molar-refractivity contribution in [3.05, 3.63) is 29.0 Å². The van der Waals surface area contributed by atoms with Gasteiger partial charge in [0, 0.05) is 6.20 Å². The van der Waals surface area contributed by atoms with E-state index in [4.69, 9.17) is 16.3 Å². The van der Waals surface area contributed by atoms with E-state index < -0.39 is 0 Å². The minimum Gasteiger partial charge on any atom is -0.366 e. The molecule has 52 valence electrons. The van der Waals surface area contributed by atoms with E-state index in [1.807, 2.05) is 12.1 Å². The van der Waals surface area contributed by atoms with Crippen molar-refractivity contribution < 1.29 is 4.74 Å². The maximum absolute atomic E-state index is 5.82. The van der Waals surface area contributed by atoms with Crippen LogP contribution in [0.15, 0.2) is 18.3 Å². The summed E-state index contributed by atoms with van der Waals surface area (Å²) >= 11 is 5.82. The molecule has 0 amide bonds. The van der Waals surface area contributed by atoms with Crippen LogP contribution in [0.3, 0.4) is 0 Å². The Balaban J connectivity index is 2.39. The molecule has 1 aliphatic heterocycles. The minimum absolute atomic E-state index is 0.161. The van der Waals surface area contributed by atoms with E-state index in [1.165, 1.54) is 0 Å². The van der Waals surface area contributed by atoms with Crippen LogP contribution in [0.5, 0.6) is 0 Å². The lowest BCUT2D eigenvalue weighted by atomic mass is 10.3. The molecule has 1 unspecified atom stereocenters. The van der Waals surface area contributed by atoms with Gasteiger partial charge in [0.1, 0.15) is 6.10 Å². The van der Waals surface area contributed by atoms with Gasteiger partial charge in [-0.25, -0.2) is 0 Å². The number of ether oxygens (including phenoxy) is 1. The molecule has 1 aromatic heterocycles. The number of pyridine rings is 1. The van der Waals surface area contributed by atoms with Gasteiger partial charge in [0.15, 0.2) is 0 Å². The smallest absolute Gasteiger partial charge is 0.124 e. The third-order valence-electron chi connectivity index (χ3n) is 1.43. The predicted octanol–water partition coefficient (Wildman–Crippen LogP) is 1.81. The second kappa shape index (κ2) is 2.22. The van der Waals surface area contributed by atoms with Crippen LogP contribution in [0.2, 0.25) is 5.02 Å². The zero-order chi connectivity index (χ0) is 6.97. The Kier molecular flexibility index (Phi) is 1.36. The Morgan fingerprint density at radius 3 is 3.10 bits per heavy atom. The van der Waals surface area contributed by atoms with Crippen LogP contribution in [0.4, 0.5) is 0 Å². The van der Waals surface area contributed by atoms with E-state index in [9.17, 15) is 0 Å². The van der Waals surface area contributed by atoms with Crippen molar-refractivity contribution in [2.24, 2.45) is 0 Å². The van der Waals surface area contributed by atoms with Gasteiger partial charge in [-0.3, -0.25) is 4.98 Å². The summed E-state index contributed by atoms with van der Waals surface area (Å²) in [6, 6.07) is 3.64. The minimum atomic E-state index is 0.161. The number of rotatable bonds is 1. The lowest BCUT2D eigenvalue weighted by Gasteiger charge is -1.95. The molecule has 2 nitrogen and oxygen atoms in total. The van der Waals surface area contributed by atoms with Crippen molar-refractivity contribution in [1.82, 2.24) is 4.98 Å². The van der Waals surface area contributed by atoms with E-state index in [1.54, 1.807) is 6.20 Å². The fraction of sp³-hybridized carbons (Fsp3) is 0.286.